The van der Waals surface area contributed by atoms with Crippen LogP contribution in [0.4, 0.5) is 15.8 Å². The first-order chi connectivity index (χ1) is 11.4. The Morgan fingerprint density at radius 1 is 1.50 bits per heavy atom. The summed E-state index contributed by atoms with van der Waals surface area (Å²) in [5, 5.41) is 11.3. The van der Waals surface area contributed by atoms with E-state index in [4.69, 9.17) is 4.74 Å². The van der Waals surface area contributed by atoms with Gasteiger partial charge in [0.2, 0.25) is 5.88 Å². The lowest BCUT2D eigenvalue weighted by molar-refractivity contribution is -0.385. The van der Waals surface area contributed by atoms with Crippen LogP contribution in [0.5, 0.6) is 5.88 Å². The number of nitro groups is 1. The standard InChI is InChI=1S/C16H14FN3O4/c1-9-6-11(17)7-12(14(9)20(22)23)16(21)19-8-10(2)24-15-13(19)4-3-5-18-15/h3-7,10H,8H2,1-2H3/t10-/m1/s1. The van der Waals surface area contributed by atoms with Gasteiger partial charge in [-0.2, -0.15) is 0 Å². The highest BCUT2D eigenvalue weighted by atomic mass is 19.1. The van der Waals surface area contributed by atoms with Crippen LogP contribution in [-0.2, 0) is 0 Å². The number of fused-ring (bicyclic) bond motifs is 1. The molecule has 0 bridgehead atoms. The molecule has 7 nitrogen and oxygen atoms in total. The molecule has 0 fully saturated rings. The van der Waals surface area contributed by atoms with E-state index in [1.165, 1.54) is 18.0 Å². The van der Waals surface area contributed by atoms with Gasteiger partial charge in [-0.25, -0.2) is 9.37 Å². The summed E-state index contributed by atoms with van der Waals surface area (Å²) in [6.45, 7) is 3.34. The van der Waals surface area contributed by atoms with Crippen molar-refractivity contribution < 1.29 is 18.8 Å². The molecular formula is C16H14FN3O4. The van der Waals surface area contributed by atoms with Crippen LogP contribution in [0.3, 0.4) is 0 Å². The zero-order chi connectivity index (χ0) is 17.4. The van der Waals surface area contributed by atoms with Crippen LogP contribution in [0.2, 0.25) is 0 Å². The maximum atomic E-state index is 13.7. The molecule has 2 aromatic rings. The Hall–Kier alpha value is -3.03. The second kappa shape index (κ2) is 5.88. The SMILES string of the molecule is Cc1cc(F)cc(C(=O)N2C[C@@H](C)Oc3ncccc32)c1[N+](=O)[O-]. The van der Waals surface area contributed by atoms with Gasteiger partial charge in [0.15, 0.2) is 0 Å². The Labute approximate surface area is 136 Å². The number of ether oxygens (including phenoxy) is 1. The Bertz CT molecular complexity index is 840. The number of halogens is 1. The number of aryl methyl sites for hydroxylation is 1. The Morgan fingerprint density at radius 2 is 2.25 bits per heavy atom. The molecular weight excluding hydrogens is 317 g/mol. The molecule has 8 heteroatoms. The molecule has 1 atom stereocenters. The molecule has 0 saturated carbocycles. The molecule has 1 aliphatic heterocycles. The monoisotopic (exact) mass is 331 g/mol. The highest BCUT2D eigenvalue weighted by molar-refractivity contribution is 6.09. The first-order valence-corrected chi connectivity index (χ1v) is 7.26. The molecule has 124 valence electrons. The Balaban J connectivity index is 2.12. The molecule has 0 saturated heterocycles. The molecule has 24 heavy (non-hydrogen) atoms. The van der Waals surface area contributed by atoms with Gasteiger partial charge < -0.3 is 4.74 Å². The summed E-state index contributed by atoms with van der Waals surface area (Å²) in [6, 6.07) is 5.18. The van der Waals surface area contributed by atoms with E-state index in [9.17, 15) is 19.3 Å². The van der Waals surface area contributed by atoms with E-state index in [2.05, 4.69) is 4.98 Å². The fraction of sp³-hybridized carbons (Fsp3) is 0.250. The van der Waals surface area contributed by atoms with Gasteiger partial charge in [0.25, 0.3) is 11.6 Å². The molecule has 0 spiro atoms. The van der Waals surface area contributed by atoms with Gasteiger partial charge in [-0.05, 0) is 38.1 Å². The smallest absolute Gasteiger partial charge is 0.285 e. The van der Waals surface area contributed by atoms with Crippen molar-refractivity contribution in [3.8, 4) is 5.88 Å². The summed E-state index contributed by atoms with van der Waals surface area (Å²) in [5.41, 5.74) is -0.194. The number of pyridine rings is 1. The normalized spacial score (nSPS) is 16.3. The van der Waals surface area contributed by atoms with Crippen molar-refractivity contribution in [1.29, 1.82) is 0 Å². The summed E-state index contributed by atoms with van der Waals surface area (Å²) < 4.78 is 19.3. The number of carbonyl (C=O) groups is 1. The van der Waals surface area contributed by atoms with Gasteiger partial charge in [0, 0.05) is 11.8 Å². The minimum atomic E-state index is -0.700. The Morgan fingerprint density at radius 3 is 2.96 bits per heavy atom. The second-order valence-corrected chi connectivity index (χ2v) is 5.55. The number of hydrogen-bond acceptors (Lipinski definition) is 5. The molecule has 0 unspecified atom stereocenters. The zero-order valence-electron chi connectivity index (χ0n) is 13.0. The van der Waals surface area contributed by atoms with E-state index >= 15 is 0 Å². The van der Waals surface area contributed by atoms with Crippen molar-refractivity contribution in [2.45, 2.75) is 20.0 Å². The van der Waals surface area contributed by atoms with Gasteiger partial charge in [-0.3, -0.25) is 19.8 Å². The summed E-state index contributed by atoms with van der Waals surface area (Å²) in [4.78, 5) is 29.0. The number of nitrogens with zero attached hydrogens (tertiary/aromatic N) is 3. The highest BCUT2D eigenvalue weighted by Gasteiger charge is 2.33. The fourth-order valence-corrected chi connectivity index (χ4v) is 2.74. The zero-order valence-corrected chi connectivity index (χ0v) is 13.0. The predicted molar refractivity (Wildman–Crippen MR) is 83.8 cm³/mol. The molecule has 1 aromatic heterocycles. The van der Waals surface area contributed by atoms with Crippen molar-refractivity contribution in [3.63, 3.8) is 0 Å². The van der Waals surface area contributed by atoms with Gasteiger partial charge in [0.1, 0.15) is 23.2 Å². The predicted octanol–water partition coefficient (Wildman–Crippen LogP) is 2.87. The molecule has 2 heterocycles. The third kappa shape index (κ3) is 2.66. The average molecular weight is 331 g/mol. The topological polar surface area (TPSA) is 85.6 Å². The van der Waals surface area contributed by atoms with Crippen molar-refractivity contribution >= 4 is 17.3 Å². The van der Waals surface area contributed by atoms with Crippen LogP contribution in [0, 0.1) is 22.9 Å². The lowest BCUT2D eigenvalue weighted by Gasteiger charge is -2.32. The van der Waals surface area contributed by atoms with E-state index in [1.54, 1.807) is 19.1 Å². The number of nitro benzene ring substituents is 1. The summed E-state index contributed by atoms with van der Waals surface area (Å²) >= 11 is 0. The first kappa shape index (κ1) is 15.9. The summed E-state index contributed by atoms with van der Waals surface area (Å²) in [7, 11) is 0. The number of carbonyl (C=O) groups excluding carboxylic acids is 1. The summed E-state index contributed by atoms with van der Waals surface area (Å²) in [5.74, 6) is -1.09. The van der Waals surface area contributed by atoms with Crippen molar-refractivity contribution in [3.05, 3.63) is 57.5 Å². The van der Waals surface area contributed by atoms with Gasteiger partial charge >= 0.3 is 0 Å². The third-order valence-electron chi connectivity index (χ3n) is 3.72. The van der Waals surface area contributed by atoms with E-state index < -0.39 is 22.3 Å². The van der Waals surface area contributed by atoms with Crippen molar-refractivity contribution in [2.75, 3.05) is 11.4 Å². The van der Waals surface area contributed by atoms with Crippen molar-refractivity contribution in [2.24, 2.45) is 0 Å². The molecule has 0 radical (unpaired) electrons. The first-order valence-electron chi connectivity index (χ1n) is 7.26. The fourth-order valence-electron chi connectivity index (χ4n) is 2.74. The van der Waals surface area contributed by atoms with Crippen LogP contribution < -0.4 is 9.64 Å². The summed E-state index contributed by atoms with van der Waals surface area (Å²) in [6.07, 6.45) is 1.18. The van der Waals surface area contributed by atoms with Gasteiger partial charge in [-0.15, -0.1) is 0 Å². The number of benzene rings is 1. The van der Waals surface area contributed by atoms with Gasteiger partial charge in [-0.1, -0.05) is 0 Å². The number of hydrogen-bond donors (Lipinski definition) is 0. The third-order valence-corrected chi connectivity index (χ3v) is 3.72. The van der Waals surface area contributed by atoms with Crippen LogP contribution in [0.1, 0.15) is 22.8 Å². The number of anilines is 1. The molecule has 1 aromatic carbocycles. The van der Waals surface area contributed by atoms with E-state index in [-0.39, 0.29) is 29.7 Å². The molecule has 1 amide bonds. The van der Waals surface area contributed by atoms with Crippen molar-refractivity contribution in [1.82, 2.24) is 4.98 Å². The Kier molecular flexibility index (Phi) is 3.88. The largest absolute Gasteiger partial charge is 0.471 e. The maximum Gasteiger partial charge on any atom is 0.285 e. The lowest BCUT2D eigenvalue weighted by atomic mass is 10.1. The van der Waals surface area contributed by atoms with Crippen LogP contribution in [-0.4, -0.2) is 28.5 Å². The van der Waals surface area contributed by atoms with Crippen LogP contribution in [0.25, 0.3) is 0 Å². The van der Waals surface area contributed by atoms with Gasteiger partial charge in [0.05, 0.1) is 11.5 Å². The van der Waals surface area contributed by atoms with Crippen LogP contribution in [0.15, 0.2) is 30.5 Å². The molecule has 3 rings (SSSR count). The number of amides is 1. The molecule has 0 aliphatic carbocycles. The minimum absolute atomic E-state index is 0.0936. The quantitative estimate of drug-likeness (QED) is 0.624. The van der Waals surface area contributed by atoms with E-state index in [1.807, 2.05) is 0 Å². The van der Waals surface area contributed by atoms with E-state index in [0.717, 1.165) is 12.1 Å². The maximum absolute atomic E-state index is 13.7. The van der Waals surface area contributed by atoms with Crippen LogP contribution >= 0.6 is 0 Å². The molecule has 1 aliphatic rings. The second-order valence-electron chi connectivity index (χ2n) is 5.55. The minimum Gasteiger partial charge on any atom is -0.471 e. The number of aromatic nitrogens is 1. The highest BCUT2D eigenvalue weighted by Crippen LogP contribution is 2.34. The number of rotatable bonds is 2. The average Bonchev–Trinajstić information content (AvgIpc) is 2.52. The van der Waals surface area contributed by atoms with E-state index in [0.29, 0.717) is 5.69 Å². The molecule has 0 N–H and O–H groups in total. The lowest BCUT2D eigenvalue weighted by Crippen LogP contribution is -2.42.